The number of halogens is 1. The van der Waals surface area contributed by atoms with Crippen LogP contribution in [0.15, 0.2) is 24.3 Å². The van der Waals surface area contributed by atoms with Crippen molar-refractivity contribution in [3.8, 4) is 5.75 Å². The molecule has 5 nitrogen and oxygen atoms in total. The van der Waals surface area contributed by atoms with E-state index in [1.54, 1.807) is 6.92 Å². The lowest BCUT2D eigenvalue weighted by atomic mass is 10.00. The number of carbonyl (C=O) groups excluding carboxylic acids is 2. The van der Waals surface area contributed by atoms with Gasteiger partial charge in [0.2, 0.25) is 5.91 Å². The van der Waals surface area contributed by atoms with Gasteiger partial charge in [0.15, 0.2) is 6.10 Å². The van der Waals surface area contributed by atoms with Crippen molar-refractivity contribution in [2.75, 3.05) is 0 Å². The maximum atomic E-state index is 12.8. The van der Waals surface area contributed by atoms with Crippen molar-refractivity contribution in [3.05, 3.63) is 30.1 Å². The molecule has 2 N–H and O–H groups in total. The number of hydrogen-bond acceptors (Lipinski definition) is 3. The summed E-state index contributed by atoms with van der Waals surface area (Å²) in [6.45, 7) is 1.57. The molecule has 2 amide bonds. The van der Waals surface area contributed by atoms with Crippen LogP contribution in [0, 0.1) is 11.7 Å². The molecule has 1 aromatic carbocycles. The van der Waals surface area contributed by atoms with Crippen molar-refractivity contribution < 1.29 is 18.7 Å². The lowest BCUT2D eigenvalue weighted by Crippen LogP contribution is -2.49. The second-order valence-corrected chi connectivity index (χ2v) is 5.88. The summed E-state index contributed by atoms with van der Waals surface area (Å²) in [5.74, 6) is -0.606. The zero-order valence-corrected chi connectivity index (χ0v) is 13.3. The van der Waals surface area contributed by atoms with E-state index in [1.165, 1.54) is 37.1 Å². The first-order chi connectivity index (χ1) is 11.1. The molecule has 0 aromatic heterocycles. The number of rotatable bonds is 4. The molecule has 0 spiro atoms. The highest BCUT2D eigenvalue weighted by Gasteiger charge is 2.21. The normalized spacial score (nSPS) is 17.0. The molecule has 1 aliphatic rings. The zero-order valence-electron chi connectivity index (χ0n) is 13.3. The molecule has 6 heteroatoms. The van der Waals surface area contributed by atoms with Gasteiger partial charge < -0.3 is 4.74 Å². The summed E-state index contributed by atoms with van der Waals surface area (Å²) in [6.07, 6.45) is 5.37. The van der Waals surface area contributed by atoms with Gasteiger partial charge in [0.25, 0.3) is 5.91 Å². The van der Waals surface area contributed by atoms with Gasteiger partial charge in [-0.2, -0.15) is 0 Å². The molecule has 2 rings (SSSR count). The van der Waals surface area contributed by atoms with Crippen LogP contribution in [0.3, 0.4) is 0 Å². The van der Waals surface area contributed by atoms with Gasteiger partial charge in [-0.15, -0.1) is 0 Å². The van der Waals surface area contributed by atoms with Crippen LogP contribution in [0.5, 0.6) is 5.75 Å². The summed E-state index contributed by atoms with van der Waals surface area (Å²) in [6, 6.07) is 5.41. The predicted octanol–water partition coefficient (Wildman–Crippen LogP) is 2.71. The van der Waals surface area contributed by atoms with Crippen LogP contribution in [0.4, 0.5) is 4.39 Å². The van der Waals surface area contributed by atoms with E-state index in [2.05, 4.69) is 10.9 Å². The van der Waals surface area contributed by atoms with Crippen molar-refractivity contribution in [2.24, 2.45) is 5.92 Å². The molecule has 1 fully saturated rings. The standard InChI is InChI=1S/C17H23FN2O3/c1-12(23-15-10-8-14(18)9-11-15)16(21)19-20-17(22)13-6-4-2-3-5-7-13/h8-13H,2-7H2,1H3,(H,19,21)(H,20,22). The van der Waals surface area contributed by atoms with E-state index in [0.29, 0.717) is 5.75 Å². The van der Waals surface area contributed by atoms with Crippen molar-refractivity contribution in [3.63, 3.8) is 0 Å². The Kier molecular flexibility index (Phi) is 6.38. The Morgan fingerprint density at radius 1 is 1.09 bits per heavy atom. The summed E-state index contributed by atoms with van der Waals surface area (Å²) in [4.78, 5) is 24.0. The smallest absolute Gasteiger partial charge is 0.279 e. The first-order valence-corrected chi connectivity index (χ1v) is 8.08. The minimum atomic E-state index is -0.796. The summed E-state index contributed by atoms with van der Waals surface area (Å²) < 4.78 is 18.2. The van der Waals surface area contributed by atoms with Crippen LogP contribution in [-0.4, -0.2) is 17.9 Å². The Bertz CT molecular complexity index is 525. The summed E-state index contributed by atoms with van der Waals surface area (Å²) in [5, 5.41) is 0. The number of nitrogens with one attached hydrogen (secondary N) is 2. The summed E-state index contributed by atoms with van der Waals surface area (Å²) >= 11 is 0. The van der Waals surface area contributed by atoms with Crippen LogP contribution in [-0.2, 0) is 9.59 Å². The molecule has 126 valence electrons. The number of carbonyl (C=O) groups is 2. The van der Waals surface area contributed by atoms with Gasteiger partial charge in [0.1, 0.15) is 11.6 Å². The van der Waals surface area contributed by atoms with Gasteiger partial charge in [0, 0.05) is 5.92 Å². The fraction of sp³-hybridized carbons (Fsp3) is 0.529. The van der Waals surface area contributed by atoms with E-state index in [9.17, 15) is 14.0 Å². The van der Waals surface area contributed by atoms with Crippen LogP contribution >= 0.6 is 0 Å². The molecule has 1 aliphatic carbocycles. The third-order valence-corrected chi connectivity index (χ3v) is 4.03. The fourth-order valence-electron chi connectivity index (χ4n) is 2.64. The minimum Gasteiger partial charge on any atom is -0.481 e. The molecule has 1 aromatic rings. The molecule has 0 bridgehead atoms. The first-order valence-electron chi connectivity index (χ1n) is 8.08. The van der Waals surface area contributed by atoms with E-state index >= 15 is 0 Å². The first kappa shape index (κ1) is 17.2. The van der Waals surface area contributed by atoms with Crippen molar-refractivity contribution >= 4 is 11.8 Å². The van der Waals surface area contributed by atoms with Crippen molar-refractivity contribution in [2.45, 2.75) is 51.6 Å². The highest BCUT2D eigenvalue weighted by molar-refractivity contribution is 5.85. The van der Waals surface area contributed by atoms with Crippen molar-refractivity contribution in [1.29, 1.82) is 0 Å². The second kappa shape index (κ2) is 8.50. The molecule has 1 unspecified atom stereocenters. The van der Waals surface area contributed by atoms with Crippen LogP contribution in [0.1, 0.15) is 45.4 Å². The molecular weight excluding hydrogens is 299 g/mol. The Balaban J connectivity index is 1.76. The van der Waals surface area contributed by atoms with Gasteiger partial charge in [-0.05, 0) is 44.0 Å². The maximum Gasteiger partial charge on any atom is 0.279 e. The summed E-state index contributed by atoms with van der Waals surface area (Å²) in [7, 11) is 0. The quantitative estimate of drug-likeness (QED) is 0.661. The molecule has 0 heterocycles. The van der Waals surface area contributed by atoms with Gasteiger partial charge in [-0.25, -0.2) is 4.39 Å². The molecular formula is C17H23FN2O3. The van der Waals surface area contributed by atoms with E-state index < -0.39 is 12.0 Å². The number of amides is 2. The Labute approximate surface area is 135 Å². The number of ether oxygens (including phenoxy) is 1. The summed E-state index contributed by atoms with van der Waals surface area (Å²) in [5.41, 5.74) is 4.87. The molecule has 0 aliphatic heterocycles. The predicted molar refractivity (Wildman–Crippen MR) is 84.0 cm³/mol. The van der Waals surface area contributed by atoms with Gasteiger partial charge in [0.05, 0.1) is 0 Å². The lowest BCUT2D eigenvalue weighted by molar-refractivity contribution is -0.134. The Morgan fingerprint density at radius 2 is 1.70 bits per heavy atom. The average Bonchev–Trinajstić information content (AvgIpc) is 2.83. The number of benzene rings is 1. The molecule has 0 radical (unpaired) electrons. The molecule has 1 atom stereocenters. The van der Waals surface area contributed by atoms with Gasteiger partial charge in [-0.3, -0.25) is 20.4 Å². The van der Waals surface area contributed by atoms with Gasteiger partial charge >= 0.3 is 0 Å². The number of hydrazine groups is 1. The van der Waals surface area contributed by atoms with Crippen molar-refractivity contribution in [1.82, 2.24) is 10.9 Å². The maximum absolute atomic E-state index is 12.8. The Morgan fingerprint density at radius 3 is 2.30 bits per heavy atom. The van der Waals surface area contributed by atoms with Crippen LogP contribution < -0.4 is 15.6 Å². The van der Waals surface area contributed by atoms with Crippen LogP contribution in [0.25, 0.3) is 0 Å². The van der Waals surface area contributed by atoms with E-state index in [1.807, 2.05) is 0 Å². The Hall–Kier alpha value is -2.11. The topological polar surface area (TPSA) is 67.4 Å². The second-order valence-electron chi connectivity index (χ2n) is 5.88. The monoisotopic (exact) mass is 322 g/mol. The average molecular weight is 322 g/mol. The highest BCUT2D eigenvalue weighted by Crippen LogP contribution is 2.22. The molecule has 0 saturated heterocycles. The highest BCUT2D eigenvalue weighted by atomic mass is 19.1. The lowest BCUT2D eigenvalue weighted by Gasteiger charge is -2.17. The SMILES string of the molecule is CC(Oc1ccc(F)cc1)C(=O)NNC(=O)C1CCCCCC1. The third kappa shape index (κ3) is 5.54. The van der Waals surface area contributed by atoms with Gasteiger partial charge in [-0.1, -0.05) is 25.7 Å². The third-order valence-electron chi connectivity index (χ3n) is 4.03. The number of hydrogen-bond donors (Lipinski definition) is 2. The molecule has 1 saturated carbocycles. The fourth-order valence-corrected chi connectivity index (χ4v) is 2.64. The van der Waals surface area contributed by atoms with Crippen LogP contribution in [0.2, 0.25) is 0 Å². The van der Waals surface area contributed by atoms with E-state index in [4.69, 9.17) is 4.74 Å². The van der Waals surface area contributed by atoms with E-state index in [0.717, 1.165) is 25.7 Å². The molecule has 23 heavy (non-hydrogen) atoms. The minimum absolute atomic E-state index is 0.0360. The zero-order chi connectivity index (χ0) is 16.7. The van der Waals surface area contributed by atoms with E-state index in [-0.39, 0.29) is 17.6 Å². The largest absolute Gasteiger partial charge is 0.481 e.